The van der Waals surface area contributed by atoms with Gasteiger partial charge >= 0.3 is 12.1 Å². The highest BCUT2D eigenvalue weighted by Gasteiger charge is 2.32. The molecule has 2 heterocycles. The molecular weight excluding hydrogens is 479 g/mol. The van der Waals surface area contributed by atoms with E-state index in [2.05, 4.69) is 0 Å². The van der Waals surface area contributed by atoms with Gasteiger partial charge in [0.15, 0.2) is 6.61 Å². The average Bonchev–Trinajstić information content (AvgIpc) is 3.27. The Morgan fingerprint density at radius 3 is 2.51 bits per heavy atom. The van der Waals surface area contributed by atoms with Gasteiger partial charge in [0, 0.05) is 32.7 Å². The minimum atomic E-state index is -0.540. The molecule has 4 rings (SSSR count). The number of esters is 1. The molecule has 37 heavy (non-hydrogen) atoms. The van der Waals surface area contributed by atoms with Crippen LogP contribution in [0, 0.1) is 5.82 Å². The minimum Gasteiger partial charge on any atom is -0.452 e. The maximum atomic E-state index is 15.0. The Hall–Kier alpha value is -3.66. The number of cyclic esters (lactones) is 1. The van der Waals surface area contributed by atoms with Gasteiger partial charge in [0.05, 0.1) is 23.5 Å². The molecule has 0 spiro atoms. The number of carbonyl (C=O) groups excluding carboxylic acids is 3. The predicted molar refractivity (Wildman–Crippen MR) is 137 cm³/mol. The number of carbonyl (C=O) groups is 3. The first-order chi connectivity index (χ1) is 17.7. The van der Waals surface area contributed by atoms with Crippen LogP contribution < -0.4 is 9.80 Å². The average molecular weight is 513 g/mol. The van der Waals surface area contributed by atoms with Gasteiger partial charge in [-0.05, 0) is 56.4 Å². The summed E-state index contributed by atoms with van der Waals surface area (Å²) in [6.07, 6.45) is 0.0519. The second-order valence-corrected chi connectivity index (χ2v) is 9.54. The third-order valence-electron chi connectivity index (χ3n) is 6.53. The van der Waals surface area contributed by atoms with E-state index >= 15 is 0 Å². The van der Waals surface area contributed by atoms with Crippen molar-refractivity contribution >= 4 is 29.3 Å². The molecule has 0 saturated carbocycles. The summed E-state index contributed by atoms with van der Waals surface area (Å²) in [5.74, 6) is -1.26. The van der Waals surface area contributed by atoms with Crippen LogP contribution in [0.25, 0.3) is 0 Å². The van der Waals surface area contributed by atoms with Gasteiger partial charge in [-0.25, -0.2) is 14.0 Å². The van der Waals surface area contributed by atoms with Gasteiger partial charge in [-0.15, -0.1) is 0 Å². The summed E-state index contributed by atoms with van der Waals surface area (Å²) in [5.41, 5.74) is 2.26. The highest BCUT2D eigenvalue weighted by atomic mass is 19.1. The van der Waals surface area contributed by atoms with Crippen molar-refractivity contribution in [3.8, 4) is 0 Å². The number of rotatable bonds is 8. The van der Waals surface area contributed by atoms with E-state index in [1.807, 2.05) is 36.9 Å². The molecule has 0 aliphatic carbocycles. The van der Waals surface area contributed by atoms with Crippen LogP contribution in [0.15, 0.2) is 42.5 Å². The fourth-order valence-corrected chi connectivity index (χ4v) is 4.53. The van der Waals surface area contributed by atoms with E-state index in [0.717, 1.165) is 5.56 Å². The molecule has 10 heteroatoms. The Morgan fingerprint density at radius 1 is 1.11 bits per heavy atom. The van der Waals surface area contributed by atoms with E-state index in [4.69, 9.17) is 9.47 Å². The number of ether oxygens (including phenoxy) is 2. The molecule has 1 atom stereocenters. The summed E-state index contributed by atoms with van der Waals surface area (Å²) in [6.45, 7) is 4.32. The number of benzene rings is 2. The van der Waals surface area contributed by atoms with Crippen molar-refractivity contribution in [2.24, 2.45) is 0 Å². The van der Waals surface area contributed by atoms with Crippen LogP contribution in [-0.4, -0.2) is 87.3 Å². The maximum Gasteiger partial charge on any atom is 0.414 e. The van der Waals surface area contributed by atoms with Gasteiger partial charge in [0.2, 0.25) is 0 Å². The molecule has 0 aromatic heterocycles. The minimum absolute atomic E-state index is 0.187. The number of halogens is 1. The van der Waals surface area contributed by atoms with Gasteiger partial charge in [-0.2, -0.15) is 0 Å². The summed E-state index contributed by atoms with van der Waals surface area (Å²) in [4.78, 5) is 44.1. The van der Waals surface area contributed by atoms with Gasteiger partial charge in [-0.3, -0.25) is 9.69 Å². The molecule has 2 saturated heterocycles. The molecule has 0 radical (unpaired) electrons. The highest BCUT2D eigenvalue weighted by Crippen LogP contribution is 2.29. The van der Waals surface area contributed by atoms with E-state index in [0.29, 0.717) is 62.6 Å². The van der Waals surface area contributed by atoms with Crippen LogP contribution in [-0.2, 0) is 20.8 Å². The zero-order valence-electron chi connectivity index (χ0n) is 21.5. The topological polar surface area (TPSA) is 82.6 Å². The van der Waals surface area contributed by atoms with Crippen LogP contribution in [0.2, 0.25) is 0 Å². The number of hydrogen-bond acceptors (Lipinski definition) is 7. The van der Waals surface area contributed by atoms with Gasteiger partial charge in [0.25, 0.3) is 5.91 Å². The fraction of sp³-hybridized carbons (Fsp3) is 0.444. The van der Waals surface area contributed by atoms with Crippen LogP contribution in [0.3, 0.4) is 0 Å². The lowest BCUT2D eigenvalue weighted by molar-refractivity contribution is -0.134. The van der Waals surface area contributed by atoms with Gasteiger partial charge in [-0.1, -0.05) is 19.1 Å². The second kappa shape index (κ2) is 11.6. The second-order valence-electron chi connectivity index (χ2n) is 9.54. The van der Waals surface area contributed by atoms with Crippen LogP contribution in [0.1, 0.15) is 29.3 Å². The fourth-order valence-electron chi connectivity index (χ4n) is 4.53. The molecule has 198 valence electrons. The summed E-state index contributed by atoms with van der Waals surface area (Å²) < 4.78 is 25.5. The van der Waals surface area contributed by atoms with E-state index in [1.165, 1.54) is 11.0 Å². The first kappa shape index (κ1) is 26.4. The predicted octanol–water partition coefficient (Wildman–Crippen LogP) is 3.13. The Labute approximate surface area is 216 Å². The number of nitrogens with zero attached hydrogens (tertiary/aromatic N) is 4. The molecule has 2 aliphatic heterocycles. The van der Waals surface area contributed by atoms with Crippen LogP contribution >= 0.6 is 0 Å². The molecule has 0 N–H and O–H groups in total. The van der Waals surface area contributed by atoms with Crippen molar-refractivity contribution in [2.45, 2.75) is 26.0 Å². The lowest BCUT2D eigenvalue weighted by Gasteiger charge is -2.36. The van der Waals surface area contributed by atoms with Crippen molar-refractivity contribution in [2.75, 3.05) is 63.2 Å². The smallest absolute Gasteiger partial charge is 0.414 e. The molecular formula is C27H33FN4O5. The van der Waals surface area contributed by atoms with E-state index < -0.39 is 17.9 Å². The van der Waals surface area contributed by atoms with Crippen molar-refractivity contribution < 1.29 is 28.2 Å². The zero-order valence-corrected chi connectivity index (χ0v) is 21.5. The van der Waals surface area contributed by atoms with E-state index in [1.54, 1.807) is 35.2 Å². The number of piperazine rings is 1. The molecule has 0 bridgehead atoms. The molecule has 9 nitrogen and oxygen atoms in total. The molecule has 2 aliphatic rings. The number of amides is 2. The quantitative estimate of drug-likeness (QED) is 0.503. The van der Waals surface area contributed by atoms with Gasteiger partial charge in [0.1, 0.15) is 11.9 Å². The molecule has 2 aromatic carbocycles. The normalized spacial score (nSPS) is 17.8. The standard InChI is InChI=1S/C27H33FN4O5/c1-4-22-17-32(27(35)37-22)21-8-9-24(23(28)15-21)30-10-12-31(13-11-30)25(33)18-36-26(34)20-7-5-6-19(14-20)16-29(2)3/h5-9,14-15,22H,4,10-13,16-18H2,1-3H3. The van der Waals surface area contributed by atoms with Crippen molar-refractivity contribution in [1.82, 2.24) is 9.80 Å². The monoisotopic (exact) mass is 512 g/mol. The summed E-state index contributed by atoms with van der Waals surface area (Å²) in [5, 5.41) is 0. The van der Waals surface area contributed by atoms with Crippen LogP contribution in [0.4, 0.5) is 20.6 Å². The first-order valence-electron chi connectivity index (χ1n) is 12.5. The van der Waals surface area contributed by atoms with E-state index in [-0.39, 0.29) is 18.6 Å². The lowest BCUT2D eigenvalue weighted by Crippen LogP contribution is -2.50. The van der Waals surface area contributed by atoms with Crippen molar-refractivity contribution in [1.29, 1.82) is 0 Å². The van der Waals surface area contributed by atoms with Gasteiger partial charge < -0.3 is 24.2 Å². The zero-order chi connectivity index (χ0) is 26.5. The Morgan fingerprint density at radius 2 is 1.86 bits per heavy atom. The third kappa shape index (κ3) is 6.37. The Balaban J connectivity index is 1.28. The SMILES string of the molecule is CCC1CN(c2ccc(N3CCN(C(=O)COC(=O)c4cccc(CN(C)C)c4)CC3)c(F)c2)C(=O)O1. The molecule has 2 fully saturated rings. The molecule has 2 aromatic rings. The Bertz CT molecular complexity index is 1150. The largest absolute Gasteiger partial charge is 0.452 e. The number of hydrogen-bond donors (Lipinski definition) is 0. The maximum absolute atomic E-state index is 15.0. The van der Waals surface area contributed by atoms with Crippen molar-refractivity contribution in [3.63, 3.8) is 0 Å². The summed E-state index contributed by atoms with van der Waals surface area (Å²) >= 11 is 0. The first-order valence-corrected chi connectivity index (χ1v) is 12.5. The van der Waals surface area contributed by atoms with Crippen molar-refractivity contribution in [3.05, 3.63) is 59.4 Å². The lowest BCUT2D eigenvalue weighted by atomic mass is 10.1. The Kier molecular flexibility index (Phi) is 8.27. The number of anilines is 2. The van der Waals surface area contributed by atoms with Crippen LogP contribution in [0.5, 0.6) is 0 Å². The molecule has 1 unspecified atom stereocenters. The third-order valence-corrected chi connectivity index (χ3v) is 6.53. The molecule has 2 amide bonds. The summed E-state index contributed by atoms with van der Waals surface area (Å²) in [7, 11) is 3.89. The van der Waals surface area contributed by atoms with E-state index in [9.17, 15) is 18.8 Å². The highest BCUT2D eigenvalue weighted by molar-refractivity contribution is 5.91. The summed E-state index contributed by atoms with van der Waals surface area (Å²) in [6, 6.07) is 11.9.